The highest BCUT2D eigenvalue weighted by molar-refractivity contribution is 7.98. The van der Waals surface area contributed by atoms with Crippen molar-refractivity contribution >= 4 is 33.3 Å². The number of thiophene rings is 1. The molecule has 1 N–H and O–H groups in total. The van der Waals surface area contributed by atoms with Crippen molar-refractivity contribution in [2.24, 2.45) is 0 Å². The maximum Gasteiger partial charge on any atom is 0.259 e. The minimum atomic E-state index is -0.0190. The van der Waals surface area contributed by atoms with Crippen LogP contribution in [0.2, 0.25) is 0 Å². The van der Waals surface area contributed by atoms with Gasteiger partial charge >= 0.3 is 0 Å². The summed E-state index contributed by atoms with van der Waals surface area (Å²) in [6.45, 7) is 0. The zero-order valence-corrected chi connectivity index (χ0v) is 15.4. The monoisotopic (exact) mass is 381 g/mol. The van der Waals surface area contributed by atoms with Gasteiger partial charge in [-0.1, -0.05) is 30.0 Å². The zero-order valence-electron chi connectivity index (χ0n) is 13.8. The van der Waals surface area contributed by atoms with Gasteiger partial charge in [-0.2, -0.15) is 0 Å². The first-order chi connectivity index (χ1) is 12.8. The fourth-order valence-corrected chi connectivity index (χ4v) is 5.42. The first kappa shape index (κ1) is 15.8. The van der Waals surface area contributed by atoms with Crippen molar-refractivity contribution in [3.8, 4) is 5.69 Å². The molecular weight excluding hydrogens is 366 g/mol. The largest absolute Gasteiger partial charge is 0.309 e. The molecule has 0 saturated heterocycles. The van der Waals surface area contributed by atoms with Crippen molar-refractivity contribution in [1.29, 1.82) is 0 Å². The molecule has 3 aromatic heterocycles. The van der Waals surface area contributed by atoms with Gasteiger partial charge in [0.15, 0.2) is 5.16 Å². The van der Waals surface area contributed by atoms with Gasteiger partial charge in [0.1, 0.15) is 17.0 Å². The van der Waals surface area contributed by atoms with Crippen molar-refractivity contribution in [3.05, 3.63) is 63.3 Å². The summed E-state index contributed by atoms with van der Waals surface area (Å²) in [5, 5.41) is 9.77. The van der Waals surface area contributed by atoms with Crippen LogP contribution < -0.4 is 5.56 Å². The third-order valence-electron chi connectivity index (χ3n) is 4.51. The van der Waals surface area contributed by atoms with E-state index in [1.165, 1.54) is 22.2 Å². The molecule has 0 radical (unpaired) electrons. The van der Waals surface area contributed by atoms with Crippen LogP contribution in [-0.2, 0) is 18.6 Å². The lowest BCUT2D eigenvalue weighted by atomic mass is 10.2. The predicted octanol–water partition coefficient (Wildman–Crippen LogP) is 3.35. The summed E-state index contributed by atoms with van der Waals surface area (Å²) in [5.41, 5.74) is 2.20. The van der Waals surface area contributed by atoms with Crippen LogP contribution in [0.25, 0.3) is 15.9 Å². The molecule has 0 fully saturated rings. The van der Waals surface area contributed by atoms with E-state index in [0.717, 1.165) is 40.3 Å². The van der Waals surface area contributed by atoms with Gasteiger partial charge in [0.2, 0.25) is 0 Å². The van der Waals surface area contributed by atoms with Gasteiger partial charge in [-0.3, -0.25) is 9.36 Å². The summed E-state index contributed by atoms with van der Waals surface area (Å²) in [5.74, 6) is 1.22. The fourth-order valence-electron chi connectivity index (χ4n) is 3.34. The molecule has 0 spiro atoms. The lowest BCUT2D eigenvalue weighted by Crippen LogP contribution is -2.11. The van der Waals surface area contributed by atoms with Crippen LogP contribution in [0.3, 0.4) is 0 Å². The number of aromatic nitrogens is 5. The van der Waals surface area contributed by atoms with E-state index in [2.05, 4.69) is 20.2 Å². The summed E-state index contributed by atoms with van der Waals surface area (Å²) in [4.78, 5) is 22.4. The quantitative estimate of drug-likeness (QED) is 0.549. The van der Waals surface area contributed by atoms with E-state index in [1.54, 1.807) is 17.7 Å². The number of benzene rings is 1. The summed E-state index contributed by atoms with van der Waals surface area (Å²) >= 11 is 3.18. The molecule has 1 aliphatic carbocycles. The standard InChI is InChI=1S/C18H15N5OS2/c24-16-15-12-7-4-8-13(12)26-17(15)21-14(20-16)9-25-18-22-19-10-23(18)11-5-2-1-3-6-11/h1-3,5-6,10H,4,7-9H2,(H,20,21,24). The van der Waals surface area contributed by atoms with E-state index < -0.39 is 0 Å². The van der Waals surface area contributed by atoms with E-state index in [0.29, 0.717) is 11.6 Å². The van der Waals surface area contributed by atoms with Crippen LogP contribution in [0.1, 0.15) is 22.7 Å². The molecule has 130 valence electrons. The molecule has 4 aromatic rings. The second kappa shape index (κ2) is 6.37. The molecule has 3 heterocycles. The number of fused-ring (bicyclic) bond motifs is 3. The summed E-state index contributed by atoms with van der Waals surface area (Å²) in [6.07, 6.45) is 4.90. The average molecular weight is 381 g/mol. The van der Waals surface area contributed by atoms with Crippen molar-refractivity contribution in [2.45, 2.75) is 30.2 Å². The molecule has 26 heavy (non-hydrogen) atoms. The summed E-state index contributed by atoms with van der Waals surface area (Å²) < 4.78 is 1.93. The van der Waals surface area contributed by atoms with Crippen molar-refractivity contribution < 1.29 is 0 Å². The van der Waals surface area contributed by atoms with Gasteiger partial charge < -0.3 is 4.98 Å². The molecule has 1 aliphatic rings. The number of para-hydroxylation sites is 1. The fraction of sp³-hybridized carbons (Fsp3) is 0.222. The topological polar surface area (TPSA) is 76.5 Å². The zero-order chi connectivity index (χ0) is 17.5. The van der Waals surface area contributed by atoms with Gasteiger partial charge in [-0.15, -0.1) is 21.5 Å². The molecule has 1 aromatic carbocycles. The van der Waals surface area contributed by atoms with Crippen LogP contribution in [0.4, 0.5) is 0 Å². The third-order valence-corrected chi connectivity index (χ3v) is 6.65. The first-order valence-corrected chi connectivity index (χ1v) is 10.2. The smallest absolute Gasteiger partial charge is 0.259 e. The second-order valence-electron chi connectivity index (χ2n) is 6.16. The first-order valence-electron chi connectivity index (χ1n) is 8.41. The predicted molar refractivity (Wildman–Crippen MR) is 103 cm³/mol. The van der Waals surface area contributed by atoms with Crippen LogP contribution >= 0.6 is 23.1 Å². The highest BCUT2D eigenvalue weighted by atomic mass is 32.2. The number of hydrogen-bond acceptors (Lipinski definition) is 6. The summed E-state index contributed by atoms with van der Waals surface area (Å²) in [7, 11) is 0. The van der Waals surface area contributed by atoms with E-state index in [4.69, 9.17) is 0 Å². The highest BCUT2D eigenvalue weighted by Gasteiger charge is 2.21. The van der Waals surface area contributed by atoms with E-state index in [9.17, 15) is 4.79 Å². The van der Waals surface area contributed by atoms with Crippen molar-refractivity contribution in [2.75, 3.05) is 0 Å². The highest BCUT2D eigenvalue weighted by Crippen LogP contribution is 2.34. The Hall–Kier alpha value is -2.45. The van der Waals surface area contributed by atoms with Crippen molar-refractivity contribution in [1.82, 2.24) is 24.7 Å². The third kappa shape index (κ3) is 2.65. The van der Waals surface area contributed by atoms with Gasteiger partial charge in [-0.25, -0.2) is 4.98 Å². The molecule has 0 amide bonds. The second-order valence-corrected chi connectivity index (χ2v) is 8.18. The van der Waals surface area contributed by atoms with E-state index in [1.807, 2.05) is 34.9 Å². The average Bonchev–Trinajstić information content (AvgIpc) is 3.36. The van der Waals surface area contributed by atoms with Gasteiger partial charge in [0.25, 0.3) is 5.56 Å². The lowest BCUT2D eigenvalue weighted by molar-refractivity contribution is 0.881. The van der Waals surface area contributed by atoms with E-state index in [-0.39, 0.29) is 5.56 Å². The van der Waals surface area contributed by atoms with Gasteiger partial charge in [0, 0.05) is 10.6 Å². The van der Waals surface area contributed by atoms with Crippen LogP contribution in [0.5, 0.6) is 0 Å². The Bertz CT molecular complexity index is 1150. The number of aryl methyl sites for hydroxylation is 2. The molecule has 0 aliphatic heterocycles. The minimum Gasteiger partial charge on any atom is -0.309 e. The Kier molecular flexibility index (Phi) is 3.86. The molecule has 5 rings (SSSR count). The number of nitrogens with zero attached hydrogens (tertiary/aromatic N) is 4. The number of H-pyrrole nitrogens is 1. The molecule has 6 nitrogen and oxygen atoms in total. The van der Waals surface area contributed by atoms with Gasteiger partial charge in [0.05, 0.1) is 11.1 Å². The normalized spacial score (nSPS) is 13.4. The molecule has 0 saturated carbocycles. The molecule has 8 heteroatoms. The Balaban J connectivity index is 1.43. The lowest BCUT2D eigenvalue weighted by Gasteiger charge is -2.05. The number of aromatic amines is 1. The summed E-state index contributed by atoms with van der Waals surface area (Å²) in [6, 6.07) is 9.95. The maximum atomic E-state index is 12.5. The number of rotatable bonds is 4. The van der Waals surface area contributed by atoms with Crippen LogP contribution in [0.15, 0.2) is 46.6 Å². The SMILES string of the molecule is O=c1[nH]c(CSc2nncn2-c2ccccc2)nc2sc3c(c12)CCC3. The molecule has 0 atom stereocenters. The Morgan fingerprint density at radius 1 is 1.23 bits per heavy atom. The molecule has 0 bridgehead atoms. The molecule has 0 unspecified atom stereocenters. The number of nitrogens with one attached hydrogen (secondary N) is 1. The number of thioether (sulfide) groups is 1. The molecular formula is C18H15N5OS2. The Morgan fingerprint density at radius 3 is 3.00 bits per heavy atom. The van der Waals surface area contributed by atoms with Crippen molar-refractivity contribution in [3.63, 3.8) is 0 Å². The van der Waals surface area contributed by atoms with Crippen LogP contribution in [0, 0.1) is 0 Å². The Labute approximate surface area is 157 Å². The minimum absolute atomic E-state index is 0.0190. The number of hydrogen-bond donors (Lipinski definition) is 1. The van der Waals surface area contributed by atoms with Crippen LogP contribution in [-0.4, -0.2) is 24.7 Å². The maximum absolute atomic E-state index is 12.5. The Morgan fingerprint density at radius 2 is 2.12 bits per heavy atom. The van der Waals surface area contributed by atoms with E-state index >= 15 is 0 Å². The van der Waals surface area contributed by atoms with Gasteiger partial charge in [-0.05, 0) is 37.0 Å².